The van der Waals surface area contributed by atoms with Gasteiger partial charge in [-0.3, -0.25) is 4.79 Å². The normalized spacial score (nSPS) is 10.4. The molecule has 1 aromatic carbocycles. The van der Waals surface area contributed by atoms with E-state index in [4.69, 9.17) is 5.73 Å². The van der Waals surface area contributed by atoms with E-state index in [0.29, 0.717) is 28.9 Å². The van der Waals surface area contributed by atoms with E-state index in [9.17, 15) is 9.18 Å². The second kappa shape index (κ2) is 6.75. The first-order valence-corrected chi connectivity index (χ1v) is 6.93. The first kappa shape index (κ1) is 15.8. The Kier molecular flexibility index (Phi) is 5.60. The first-order chi connectivity index (χ1) is 8.90. The largest absolute Gasteiger partial charge is 0.397 e. The summed E-state index contributed by atoms with van der Waals surface area (Å²) in [6, 6.07) is 2.83. The maximum atomic E-state index is 13.3. The van der Waals surface area contributed by atoms with Crippen molar-refractivity contribution in [1.29, 1.82) is 0 Å². The van der Waals surface area contributed by atoms with Crippen LogP contribution in [-0.2, 0) is 4.79 Å². The predicted octanol–water partition coefficient (Wildman–Crippen LogP) is 2.47. The van der Waals surface area contributed by atoms with Crippen molar-refractivity contribution in [1.82, 2.24) is 4.90 Å². The summed E-state index contributed by atoms with van der Waals surface area (Å²) in [4.78, 5) is 15.5. The zero-order chi connectivity index (χ0) is 14.6. The highest BCUT2D eigenvalue weighted by Crippen LogP contribution is 2.28. The van der Waals surface area contributed by atoms with Crippen LogP contribution in [0.25, 0.3) is 0 Å². The molecule has 0 aliphatic carbocycles. The van der Waals surface area contributed by atoms with Crippen molar-refractivity contribution in [2.75, 3.05) is 37.3 Å². The Bertz CT molecular complexity index is 463. The maximum absolute atomic E-state index is 13.3. The number of carbonyl (C=O) groups is 1. The van der Waals surface area contributed by atoms with Crippen molar-refractivity contribution in [2.24, 2.45) is 0 Å². The van der Waals surface area contributed by atoms with Crippen LogP contribution in [0.15, 0.2) is 16.6 Å². The highest BCUT2D eigenvalue weighted by molar-refractivity contribution is 9.10. The van der Waals surface area contributed by atoms with E-state index in [1.54, 1.807) is 22.9 Å². The Morgan fingerprint density at radius 2 is 1.95 bits per heavy atom. The summed E-state index contributed by atoms with van der Waals surface area (Å²) in [6.07, 6.45) is 0. The standard InChI is InChI=1S/C13H19BrFN3O/c1-4-18(5-2)13(19)8-17(3)12-6-9(14)10(15)7-11(12)16/h6-7H,4-5,8,16H2,1-3H3. The summed E-state index contributed by atoms with van der Waals surface area (Å²) < 4.78 is 13.6. The SMILES string of the molecule is CCN(CC)C(=O)CN(C)c1cc(Br)c(F)cc1N. The van der Waals surface area contributed by atoms with Crippen LogP contribution in [0.4, 0.5) is 15.8 Å². The zero-order valence-electron chi connectivity index (χ0n) is 11.4. The molecule has 106 valence electrons. The van der Waals surface area contributed by atoms with Gasteiger partial charge in [0, 0.05) is 26.2 Å². The number of halogens is 2. The van der Waals surface area contributed by atoms with Gasteiger partial charge in [-0.2, -0.15) is 0 Å². The molecule has 0 saturated heterocycles. The van der Waals surface area contributed by atoms with Crippen LogP contribution >= 0.6 is 15.9 Å². The number of nitrogens with two attached hydrogens (primary N) is 1. The lowest BCUT2D eigenvalue weighted by molar-refractivity contribution is -0.129. The van der Waals surface area contributed by atoms with Gasteiger partial charge in [-0.05, 0) is 35.8 Å². The fourth-order valence-corrected chi connectivity index (χ4v) is 2.18. The minimum Gasteiger partial charge on any atom is -0.397 e. The van der Waals surface area contributed by atoms with E-state index >= 15 is 0 Å². The highest BCUT2D eigenvalue weighted by atomic mass is 79.9. The lowest BCUT2D eigenvalue weighted by Gasteiger charge is -2.25. The number of rotatable bonds is 5. The Balaban J connectivity index is 2.86. The number of hydrogen-bond donors (Lipinski definition) is 1. The van der Waals surface area contributed by atoms with Crippen molar-refractivity contribution < 1.29 is 9.18 Å². The second-order valence-corrected chi connectivity index (χ2v) is 5.10. The summed E-state index contributed by atoms with van der Waals surface area (Å²) in [6.45, 7) is 5.43. The van der Waals surface area contributed by atoms with E-state index in [0.717, 1.165) is 0 Å². The molecule has 0 aliphatic heterocycles. The average molecular weight is 332 g/mol. The average Bonchev–Trinajstić information content (AvgIpc) is 2.35. The van der Waals surface area contributed by atoms with Gasteiger partial charge in [0.2, 0.25) is 5.91 Å². The molecule has 19 heavy (non-hydrogen) atoms. The van der Waals surface area contributed by atoms with Gasteiger partial charge in [0.05, 0.1) is 22.4 Å². The molecule has 1 aromatic rings. The monoisotopic (exact) mass is 331 g/mol. The maximum Gasteiger partial charge on any atom is 0.242 e. The molecule has 0 bridgehead atoms. The number of anilines is 2. The molecule has 0 unspecified atom stereocenters. The van der Waals surface area contributed by atoms with E-state index in [-0.39, 0.29) is 12.5 Å². The lowest BCUT2D eigenvalue weighted by atomic mass is 10.2. The molecule has 1 amide bonds. The molecule has 2 N–H and O–H groups in total. The van der Waals surface area contributed by atoms with Gasteiger partial charge in [0.15, 0.2) is 0 Å². The molecule has 0 radical (unpaired) electrons. The molecule has 0 aliphatic rings. The number of nitrogens with zero attached hydrogens (tertiary/aromatic N) is 2. The van der Waals surface area contributed by atoms with Crippen LogP contribution in [-0.4, -0.2) is 37.5 Å². The van der Waals surface area contributed by atoms with Gasteiger partial charge in [-0.15, -0.1) is 0 Å². The fraction of sp³-hybridized carbons (Fsp3) is 0.462. The van der Waals surface area contributed by atoms with Gasteiger partial charge in [-0.25, -0.2) is 4.39 Å². The summed E-state index contributed by atoms with van der Waals surface area (Å²) in [5.74, 6) is -0.392. The first-order valence-electron chi connectivity index (χ1n) is 6.14. The molecule has 6 heteroatoms. The Hall–Kier alpha value is -1.30. The third-order valence-corrected chi connectivity index (χ3v) is 3.58. The van der Waals surface area contributed by atoms with E-state index < -0.39 is 5.82 Å². The van der Waals surface area contributed by atoms with Crippen molar-refractivity contribution in [3.63, 3.8) is 0 Å². The molecule has 0 atom stereocenters. The molecular formula is C13H19BrFN3O. The zero-order valence-corrected chi connectivity index (χ0v) is 13.0. The number of amides is 1. The van der Waals surface area contributed by atoms with Gasteiger partial charge >= 0.3 is 0 Å². The molecule has 4 nitrogen and oxygen atoms in total. The summed E-state index contributed by atoms with van der Waals surface area (Å²) in [5.41, 5.74) is 6.73. The Morgan fingerprint density at radius 3 is 2.47 bits per heavy atom. The lowest BCUT2D eigenvalue weighted by Crippen LogP contribution is -2.39. The third kappa shape index (κ3) is 3.83. The van der Waals surface area contributed by atoms with Crippen LogP contribution in [0.2, 0.25) is 0 Å². The van der Waals surface area contributed by atoms with Crippen molar-refractivity contribution in [3.8, 4) is 0 Å². The summed E-state index contributed by atoms with van der Waals surface area (Å²) >= 11 is 3.12. The quantitative estimate of drug-likeness (QED) is 0.843. The van der Waals surface area contributed by atoms with Crippen LogP contribution in [0.3, 0.4) is 0 Å². The van der Waals surface area contributed by atoms with Crippen LogP contribution < -0.4 is 10.6 Å². The highest BCUT2D eigenvalue weighted by Gasteiger charge is 2.15. The molecule has 0 saturated carbocycles. The fourth-order valence-electron chi connectivity index (χ4n) is 1.85. The van der Waals surface area contributed by atoms with Gasteiger partial charge < -0.3 is 15.5 Å². The minimum absolute atomic E-state index is 0.0207. The van der Waals surface area contributed by atoms with Gasteiger partial charge in [0.1, 0.15) is 5.82 Å². The van der Waals surface area contributed by atoms with Gasteiger partial charge in [0.25, 0.3) is 0 Å². The molecule has 0 spiro atoms. The van der Waals surface area contributed by atoms with Gasteiger partial charge in [-0.1, -0.05) is 0 Å². The van der Waals surface area contributed by atoms with Crippen molar-refractivity contribution in [2.45, 2.75) is 13.8 Å². The van der Waals surface area contributed by atoms with Crippen LogP contribution in [0.1, 0.15) is 13.8 Å². The summed E-state index contributed by atoms with van der Waals surface area (Å²) in [7, 11) is 1.76. The molecule has 1 rings (SSSR count). The van der Waals surface area contributed by atoms with E-state index in [1.165, 1.54) is 6.07 Å². The Morgan fingerprint density at radius 1 is 1.37 bits per heavy atom. The van der Waals surface area contributed by atoms with E-state index in [1.807, 2.05) is 13.8 Å². The molecule has 0 aromatic heterocycles. The van der Waals surface area contributed by atoms with Crippen LogP contribution in [0, 0.1) is 5.82 Å². The number of nitrogen functional groups attached to an aromatic ring is 1. The number of hydrogen-bond acceptors (Lipinski definition) is 3. The van der Waals surface area contributed by atoms with Crippen LogP contribution in [0.5, 0.6) is 0 Å². The van der Waals surface area contributed by atoms with E-state index in [2.05, 4.69) is 15.9 Å². The minimum atomic E-state index is -0.412. The predicted molar refractivity (Wildman–Crippen MR) is 79.7 cm³/mol. The Labute approximate surface area is 121 Å². The second-order valence-electron chi connectivity index (χ2n) is 4.25. The van der Waals surface area contributed by atoms with Crippen molar-refractivity contribution >= 4 is 33.2 Å². The number of carbonyl (C=O) groups excluding carboxylic acids is 1. The topological polar surface area (TPSA) is 49.6 Å². The molecular weight excluding hydrogens is 313 g/mol. The smallest absolute Gasteiger partial charge is 0.242 e. The summed E-state index contributed by atoms with van der Waals surface area (Å²) in [5, 5.41) is 0. The van der Waals surface area contributed by atoms with Crippen molar-refractivity contribution in [3.05, 3.63) is 22.4 Å². The number of benzene rings is 1. The third-order valence-electron chi connectivity index (χ3n) is 2.97. The number of likely N-dealkylation sites (N-methyl/N-ethyl adjacent to an activating group) is 2. The molecule has 0 heterocycles. The molecule has 0 fully saturated rings.